The van der Waals surface area contributed by atoms with Gasteiger partial charge in [0.05, 0.1) is 5.69 Å². The molecular formula is C12H20N2O2. The maximum Gasteiger partial charge on any atom is 0.303 e. The Balaban J connectivity index is 2.93. The van der Waals surface area contributed by atoms with E-state index in [0.29, 0.717) is 12.5 Å². The van der Waals surface area contributed by atoms with Gasteiger partial charge in [-0.2, -0.15) is 5.10 Å². The van der Waals surface area contributed by atoms with Crippen LogP contribution >= 0.6 is 0 Å². The van der Waals surface area contributed by atoms with E-state index in [1.807, 2.05) is 18.5 Å². The van der Waals surface area contributed by atoms with Crippen LogP contribution in [0.25, 0.3) is 0 Å². The zero-order valence-corrected chi connectivity index (χ0v) is 10.4. The zero-order valence-electron chi connectivity index (χ0n) is 10.4. The molecule has 1 atom stereocenters. The molecule has 1 heterocycles. The largest absolute Gasteiger partial charge is 0.481 e. The summed E-state index contributed by atoms with van der Waals surface area (Å²) < 4.78 is 2.01. The Morgan fingerprint density at radius 2 is 2.12 bits per heavy atom. The third-order valence-electron chi connectivity index (χ3n) is 3.07. The highest BCUT2D eigenvalue weighted by Crippen LogP contribution is 2.20. The summed E-state index contributed by atoms with van der Waals surface area (Å²) in [5.74, 6) is -0.755. The number of rotatable bonds is 5. The Bertz CT molecular complexity index is 383. The van der Waals surface area contributed by atoms with E-state index in [1.54, 1.807) is 0 Å². The van der Waals surface area contributed by atoms with Crippen LogP contribution in [-0.4, -0.2) is 20.9 Å². The summed E-state index contributed by atoms with van der Waals surface area (Å²) in [6, 6.07) is 0.372. The molecule has 1 aromatic rings. The molecule has 0 aliphatic heterocycles. The first-order valence-electron chi connectivity index (χ1n) is 5.73. The second kappa shape index (κ2) is 5.14. The van der Waals surface area contributed by atoms with E-state index >= 15 is 0 Å². The van der Waals surface area contributed by atoms with Crippen LogP contribution in [-0.2, 0) is 11.2 Å². The second-order valence-corrected chi connectivity index (χ2v) is 4.24. The van der Waals surface area contributed by atoms with Crippen LogP contribution in [0.2, 0.25) is 0 Å². The maximum atomic E-state index is 10.6. The molecule has 0 saturated carbocycles. The molecule has 0 spiro atoms. The van der Waals surface area contributed by atoms with Gasteiger partial charge in [-0.05, 0) is 39.2 Å². The van der Waals surface area contributed by atoms with Gasteiger partial charge >= 0.3 is 5.97 Å². The monoisotopic (exact) mass is 224 g/mol. The number of aliphatic carboxylic acids is 1. The molecule has 1 aromatic heterocycles. The number of nitrogens with zero attached hydrogens (tertiary/aromatic N) is 2. The van der Waals surface area contributed by atoms with Crippen molar-refractivity contribution in [2.45, 2.75) is 53.0 Å². The smallest absolute Gasteiger partial charge is 0.303 e. The quantitative estimate of drug-likeness (QED) is 0.836. The standard InChI is InChI=1S/C12H20N2O2/c1-5-8(2)14-10(4)11(9(3)13-14)6-7-12(15)16/h8H,5-7H2,1-4H3,(H,15,16). The summed E-state index contributed by atoms with van der Waals surface area (Å²) in [6.07, 6.45) is 1.78. The van der Waals surface area contributed by atoms with Crippen LogP contribution < -0.4 is 0 Å². The van der Waals surface area contributed by atoms with Crippen molar-refractivity contribution >= 4 is 5.97 Å². The second-order valence-electron chi connectivity index (χ2n) is 4.24. The van der Waals surface area contributed by atoms with Gasteiger partial charge in [0.25, 0.3) is 0 Å². The lowest BCUT2D eigenvalue weighted by atomic mass is 10.1. The van der Waals surface area contributed by atoms with Crippen LogP contribution in [0, 0.1) is 13.8 Å². The minimum Gasteiger partial charge on any atom is -0.481 e. The summed E-state index contributed by atoms with van der Waals surface area (Å²) >= 11 is 0. The molecule has 1 unspecified atom stereocenters. The lowest BCUT2D eigenvalue weighted by Gasteiger charge is -2.11. The summed E-state index contributed by atoms with van der Waals surface area (Å²) in [7, 11) is 0. The van der Waals surface area contributed by atoms with Crippen LogP contribution in [0.5, 0.6) is 0 Å². The van der Waals surface area contributed by atoms with Crippen molar-refractivity contribution < 1.29 is 9.90 Å². The number of carboxylic acid groups (broad SMARTS) is 1. The zero-order chi connectivity index (χ0) is 12.3. The number of aryl methyl sites for hydroxylation is 1. The molecule has 0 bridgehead atoms. The van der Waals surface area contributed by atoms with E-state index < -0.39 is 5.97 Å². The van der Waals surface area contributed by atoms with Crippen LogP contribution in [0.4, 0.5) is 0 Å². The lowest BCUT2D eigenvalue weighted by Crippen LogP contribution is -2.08. The number of hydrogen-bond donors (Lipinski definition) is 1. The Morgan fingerprint density at radius 1 is 1.50 bits per heavy atom. The van der Waals surface area contributed by atoms with Gasteiger partial charge in [0.2, 0.25) is 0 Å². The van der Waals surface area contributed by atoms with Crippen molar-refractivity contribution in [1.29, 1.82) is 0 Å². The van der Waals surface area contributed by atoms with E-state index in [2.05, 4.69) is 18.9 Å². The summed E-state index contributed by atoms with van der Waals surface area (Å²) in [5, 5.41) is 13.2. The molecule has 0 aromatic carbocycles. The van der Waals surface area contributed by atoms with E-state index in [-0.39, 0.29) is 6.42 Å². The number of carbonyl (C=O) groups is 1. The van der Waals surface area contributed by atoms with Gasteiger partial charge in [-0.1, -0.05) is 6.92 Å². The van der Waals surface area contributed by atoms with Gasteiger partial charge in [0, 0.05) is 18.2 Å². The molecule has 16 heavy (non-hydrogen) atoms. The fraction of sp³-hybridized carbons (Fsp3) is 0.667. The average Bonchev–Trinajstić information content (AvgIpc) is 2.51. The molecule has 0 fully saturated rings. The fourth-order valence-electron chi connectivity index (χ4n) is 1.89. The molecule has 90 valence electrons. The average molecular weight is 224 g/mol. The topological polar surface area (TPSA) is 55.1 Å². The van der Waals surface area contributed by atoms with Gasteiger partial charge in [0.1, 0.15) is 0 Å². The van der Waals surface area contributed by atoms with Crippen molar-refractivity contribution in [3.05, 3.63) is 17.0 Å². The van der Waals surface area contributed by atoms with Gasteiger partial charge in [0.15, 0.2) is 0 Å². The highest BCUT2D eigenvalue weighted by molar-refractivity contribution is 5.67. The van der Waals surface area contributed by atoms with Gasteiger partial charge in [-0.3, -0.25) is 9.48 Å². The SMILES string of the molecule is CCC(C)n1nc(C)c(CCC(=O)O)c1C. The Kier molecular flexibility index (Phi) is 4.10. The minimum absolute atomic E-state index is 0.174. The summed E-state index contributed by atoms with van der Waals surface area (Å²) in [5.41, 5.74) is 3.15. The fourth-order valence-corrected chi connectivity index (χ4v) is 1.89. The van der Waals surface area contributed by atoms with Crippen LogP contribution in [0.15, 0.2) is 0 Å². The third-order valence-corrected chi connectivity index (χ3v) is 3.07. The van der Waals surface area contributed by atoms with Crippen LogP contribution in [0.3, 0.4) is 0 Å². The molecule has 0 saturated heterocycles. The Morgan fingerprint density at radius 3 is 2.62 bits per heavy atom. The predicted molar refractivity (Wildman–Crippen MR) is 62.7 cm³/mol. The maximum absolute atomic E-state index is 10.6. The Hall–Kier alpha value is -1.32. The molecule has 0 aliphatic carbocycles. The van der Waals surface area contributed by atoms with Crippen LogP contribution in [0.1, 0.15) is 49.7 Å². The predicted octanol–water partition coefficient (Wildman–Crippen LogP) is 2.49. The molecule has 0 radical (unpaired) electrons. The molecule has 1 N–H and O–H groups in total. The molecule has 4 heteroatoms. The molecule has 0 aliphatic rings. The highest BCUT2D eigenvalue weighted by atomic mass is 16.4. The first-order valence-corrected chi connectivity index (χ1v) is 5.73. The first-order chi connectivity index (χ1) is 7.47. The third kappa shape index (κ3) is 2.62. The molecule has 4 nitrogen and oxygen atoms in total. The number of aromatic nitrogens is 2. The first kappa shape index (κ1) is 12.7. The minimum atomic E-state index is -0.755. The van der Waals surface area contributed by atoms with Gasteiger partial charge in [-0.15, -0.1) is 0 Å². The number of carboxylic acids is 1. The van der Waals surface area contributed by atoms with Crippen molar-refractivity contribution in [2.24, 2.45) is 0 Å². The Labute approximate surface area is 96.3 Å². The van der Waals surface area contributed by atoms with E-state index in [9.17, 15) is 4.79 Å². The van der Waals surface area contributed by atoms with E-state index in [0.717, 1.165) is 23.4 Å². The lowest BCUT2D eigenvalue weighted by molar-refractivity contribution is -0.136. The van der Waals surface area contributed by atoms with Gasteiger partial charge < -0.3 is 5.11 Å². The molecular weight excluding hydrogens is 204 g/mol. The van der Waals surface area contributed by atoms with Crippen molar-refractivity contribution in [1.82, 2.24) is 9.78 Å². The van der Waals surface area contributed by atoms with Gasteiger partial charge in [-0.25, -0.2) is 0 Å². The van der Waals surface area contributed by atoms with Crippen molar-refractivity contribution in [3.8, 4) is 0 Å². The van der Waals surface area contributed by atoms with E-state index in [4.69, 9.17) is 5.11 Å². The normalized spacial score (nSPS) is 12.8. The summed E-state index contributed by atoms with van der Waals surface area (Å²) in [4.78, 5) is 10.6. The molecule has 1 rings (SSSR count). The van der Waals surface area contributed by atoms with Crippen molar-refractivity contribution in [3.63, 3.8) is 0 Å². The highest BCUT2D eigenvalue weighted by Gasteiger charge is 2.15. The number of hydrogen-bond acceptors (Lipinski definition) is 2. The summed E-state index contributed by atoms with van der Waals surface area (Å²) in [6.45, 7) is 8.21. The van der Waals surface area contributed by atoms with Crippen molar-refractivity contribution in [2.75, 3.05) is 0 Å². The molecule has 0 amide bonds. The van der Waals surface area contributed by atoms with E-state index in [1.165, 1.54) is 0 Å².